The molecule has 0 atom stereocenters. The average Bonchev–Trinajstić information content (AvgIpc) is 2.44. The number of rotatable bonds is 3. The fraction of sp³-hybridized carbons (Fsp3) is 0.286. The number of amides is 1. The molecule has 0 bridgehead atoms. The number of alkyl halides is 3. The van der Waals surface area contributed by atoms with Gasteiger partial charge in [0.25, 0.3) is 5.91 Å². The molecule has 0 fully saturated rings. The van der Waals surface area contributed by atoms with Crippen molar-refractivity contribution in [2.45, 2.75) is 26.6 Å². The molecule has 0 aliphatic carbocycles. The quantitative estimate of drug-likeness (QED) is 0.945. The van der Waals surface area contributed by atoms with Crippen LogP contribution in [0.2, 0.25) is 0 Å². The number of nitrogens with zero attached hydrogens (tertiary/aromatic N) is 3. The lowest BCUT2D eigenvalue weighted by Crippen LogP contribution is -2.24. The molecule has 0 unspecified atom stereocenters. The van der Waals surface area contributed by atoms with Crippen LogP contribution in [-0.4, -0.2) is 20.9 Å². The van der Waals surface area contributed by atoms with Crippen LogP contribution in [-0.2, 0) is 12.7 Å². The van der Waals surface area contributed by atoms with Crippen LogP contribution >= 0.6 is 0 Å². The van der Waals surface area contributed by atoms with Crippen molar-refractivity contribution in [2.24, 2.45) is 0 Å². The molecule has 2 aromatic heterocycles. The van der Waals surface area contributed by atoms with Crippen molar-refractivity contribution >= 4 is 5.91 Å². The summed E-state index contributed by atoms with van der Waals surface area (Å²) in [6.07, 6.45) is -2.06. The SMILES string of the molecule is Cc1ncc(C(=O)NCc2ccnc(C(F)(F)F)c2)c(C)n1. The van der Waals surface area contributed by atoms with Crippen LogP contribution in [0.1, 0.15) is 33.1 Å². The highest BCUT2D eigenvalue weighted by Crippen LogP contribution is 2.27. The fourth-order valence-corrected chi connectivity index (χ4v) is 1.82. The summed E-state index contributed by atoms with van der Waals surface area (Å²) in [7, 11) is 0. The summed E-state index contributed by atoms with van der Waals surface area (Å²) >= 11 is 0. The van der Waals surface area contributed by atoms with Crippen molar-refractivity contribution < 1.29 is 18.0 Å². The molecule has 1 amide bonds. The van der Waals surface area contributed by atoms with Crippen LogP contribution in [0.25, 0.3) is 0 Å². The molecule has 0 saturated heterocycles. The van der Waals surface area contributed by atoms with Crippen molar-refractivity contribution in [2.75, 3.05) is 0 Å². The molecule has 2 rings (SSSR count). The topological polar surface area (TPSA) is 67.8 Å². The summed E-state index contributed by atoms with van der Waals surface area (Å²) in [6.45, 7) is 3.32. The Morgan fingerprint density at radius 1 is 1.27 bits per heavy atom. The van der Waals surface area contributed by atoms with Crippen LogP contribution in [0.5, 0.6) is 0 Å². The van der Waals surface area contributed by atoms with E-state index in [0.717, 1.165) is 12.3 Å². The highest BCUT2D eigenvalue weighted by Gasteiger charge is 2.32. The molecule has 2 aromatic rings. The Kier molecular flexibility index (Phi) is 4.39. The lowest BCUT2D eigenvalue weighted by Gasteiger charge is -2.09. The third-order valence-corrected chi connectivity index (χ3v) is 2.91. The van der Waals surface area contributed by atoms with Crippen LogP contribution in [0, 0.1) is 13.8 Å². The largest absolute Gasteiger partial charge is 0.433 e. The molecule has 5 nitrogen and oxygen atoms in total. The van der Waals surface area contributed by atoms with E-state index in [-0.39, 0.29) is 12.1 Å². The minimum Gasteiger partial charge on any atom is -0.348 e. The zero-order chi connectivity index (χ0) is 16.3. The monoisotopic (exact) mass is 310 g/mol. The number of aromatic nitrogens is 3. The van der Waals surface area contributed by atoms with Gasteiger partial charge in [-0.2, -0.15) is 13.2 Å². The molecule has 0 saturated carbocycles. The number of nitrogens with one attached hydrogen (secondary N) is 1. The van der Waals surface area contributed by atoms with Crippen molar-refractivity contribution in [3.05, 3.63) is 52.9 Å². The highest BCUT2D eigenvalue weighted by atomic mass is 19.4. The smallest absolute Gasteiger partial charge is 0.348 e. The molecule has 0 aliphatic rings. The first-order valence-electron chi connectivity index (χ1n) is 6.38. The summed E-state index contributed by atoms with van der Waals surface area (Å²) in [5, 5.41) is 2.54. The Hall–Kier alpha value is -2.51. The van der Waals surface area contributed by atoms with Crippen molar-refractivity contribution in [1.29, 1.82) is 0 Å². The second-order valence-electron chi connectivity index (χ2n) is 4.65. The van der Waals surface area contributed by atoms with Gasteiger partial charge in [-0.05, 0) is 31.5 Å². The predicted molar refractivity (Wildman–Crippen MR) is 71.9 cm³/mol. The van der Waals surface area contributed by atoms with E-state index in [4.69, 9.17) is 0 Å². The molecular formula is C14H13F3N4O. The third kappa shape index (κ3) is 3.78. The molecule has 22 heavy (non-hydrogen) atoms. The summed E-state index contributed by atoms with van der Waals surface area (Å²) in [6, 6.07) is 2.31. The Bertz CT molecular complexity index is 701. The second-order valence-corrected chi connectivity index (χ2v) is 4.65. The summed E-state index contributed by atoms with van der Waals surface area (Å²) in [5.74, 6) is 0.0980. The molecule has 0 spiro atoms. The molecule has 0 radical (unpaired) electrons. The number of carbonyl (C=O) groups is 1. The van der Waals surface area contributed by atoms with Crippen LogP contribution in [0.15, 0.2) is 24.5 Å². The minimum absolute atomic E-state index is 0.0439. The van der Waals surface area contributed by atoms with Crippen molar-refractivity contribution in [3.8, 4) is 0 Å². The zero-order valence-corrected chi connectivity index (χ0v) is 11.9. The van der Waals surface area contributed by atoms with E-state index in [9.17, 15) is 18.0 Å². The van der Waals surface area contributed by atoms with Gasteiger partial charge in [0.2, 0.25) is 0 Å². The van der Waals surface area contributed by atoms with E-state index >= 15 is 0 Å². The maximum Gasteiger partial charge on any atom is 0.433 e. The first-order valence-corrected chi connectivity index (χ1v) is 6.38. The fourth-order valence-electron chi connectivity index (χ4n) is 1.82. The van der Waals surface area contributed by atoms with Gasteiger partial charge in [0, 0.05) is 18.9 Å². The molecule has 0 aromatic carbocycles. The Morgan fingerprint density at radius 3 is 2.64 bits per heavy atom. The van der Waals surface area contributed by atoms with Gasteiger partial charge in [-0.1, -0.05) is 0 Å². The first kappa shape index (κ1) is 15.9. The minimum atomic E-state index is -4.51. The second kappa shape index (κ2) is 6.08. The number of carbonyl (C=O) groups excluding carboxylic acids is 1. The predicted octanol–water partition coefficient (Wildman–Crippen LogP) is 2.44. The van der Waals surface area contributed by atoms with E-state index < -0.39 is 17.8 Å². The molecule has 0 aliphatic heterocycles. The van der Waals surface area contributed by atoms with Gasteiger partial charge in [-0.3, -0.25) is 9.78 Å². The van der Waals surface area contributed by atoms with Gasteiger partial charge < -0.3 is 5.32 Å². The standard InChI is InChI=1S/C14H13F3N4O/c1-8-11(7-19-9(2)21-8)13(22)20-6-10-3-4-18-12(5-10)14(15,16)17/h3-5,7H,6H2,1-2H3,(H,20,22). The maximum absolute atomic E-state index is 12.6. The molecule has 1 N–H and O–H groups in total. The van der Waals surface area contributed by atoms with Crippen LogP contribution < -0.4 is 5.32 Å². The van der Waals surface area contributed by atoms with E-state index in [1.807, 2.05) is 0 Å². The molecule has 8 heteroatoms. The molecular weight excluding hydrogens is 297 g/mol. The van der Waals surface area contributed by atoms with E-state index in [1.54, 1.807) is 13.8 Å². The van der Waals surface area contributed by atoms with Gasteiger partial charge in [-0.15, -0.1) is 0 Å². The van der Waals surface area contributed by atoms with E-state index in [1.165, 1.54) is 12.3 Å². The van der Waals surface area contributed by atoms with Gasteiger partial charge >= 0.3 is 6.18 Å². The zero-order valence-electron chi connectivity index (χ0n) is 11.9. The third-order valence-electron chi connectivity index (χ3n) is 2.91. The van der Waals surface area contributed by atoms with Crippen molar-refractivity contribution in [3.63, 3.8) is 0 Å². The van der Waals surface area contributed by atoms with Crippen LogP contribution in [0.3, 0.4) is 0 Å². The molecule has 2 heterocycles. The Labute approximate surface area is 124 Å². The Balaban J connectivity index is 2.08. The maximum atomic E-state index is 12.6. The number of aryl methyl sites for hydroxylation is 2. The normalized spacial score (nSPS) is 11.3. The summed E-state index contributed by atoms with van der Waals surface area (Å²) < 4.78 is 37.7. The number of hydrogen-bond acceptors (Lipinski definition) is 4. The Morgan fingerprint density at radius 2 is 2.00 bits per heavy atom. The first-order chi connectivity index (χ1) is 10.3. The number of pyridine rings is 1. The van der Waals surface area contributed by atoms with E-state index in [2.05, 4.69) is 20.3 Å². The van der Waals surface area contributed by atoms with Crippen molar-refractivity contribution in [1.82, 2.24) is 20.3 Å². The molecule has 116 valence electrons. The highest BCUT2D eigenvalue weighted by molar-refractivity contribution is 5.94. The lowest BCUT2D eigenvalue weighted by molar-refractivity contribution is -0.141. The number of hydrogen-bond donors (Lipinski definition) is 1. The van der Waals surface area contributed by atoms with E-state index in [0.29, 0.717) is 17.1 Å². The number of halogens is 3. The summed E-state index contributed by atoms with van der Waals surface area (Å²) in [5.41, 5.74) is 0.113. The van der Waals surface area contributed by atoms with Gasteiger partial charge in [-0.25, -0.2) is 9.97 Å². The van der Waals surface area contributed by atoms with Gasteiger partial charge in [0.15, 0.2) is 0 Å². The van der Waals surface area contributed by atoms with Gasteiger partial charge in [0.1, 0.15) is 11.5 Å². The summed E-state index contributed by atoms with van der Waals surface area (Å²) in [4.78, 5) is 23.3. The van der Waals surface area contributed by atoms with Gasteiger partial charge in [0.05, 0.1) is 11.3 Å². The average molecular weight is 310 g/mol. The lowest BCUT2D eigenvalue weighted by atomic mass is 10.2. The van der Waals surface area contributed by atoms with Crippen LogP contribution in [0.4, 0.5) is 13.2 Å².